The summed E-state index contributed by atoms with van der Waals surface area (Å²) in [5, 5.41) is 12.7. The first kappa shape index (κ1) is 16.1. The van der Waals surface area contributed by atoms with Crippen LogP contribution in [0.3, 0.4) is 0 Å². The summed E-state index contributed by atoms with van der Waals surface area (Å²) in [6.07, 6.45) is 3.07. The third-order valence-electron chi connectivity index (χ3n) is 4.95. The second-order valence-corrected chi connectivity index (χ2v) is 7.19. The van der Waals surface area contributed by atoms with Crippen molar-refractivity contribution in [1.82, 2.24) is 4.90 Å². The van der Waals surface area contributed by atoms with Gasteiger partial charge in [-0.25, -0.2) is 0 Å². The Balaban J connectivity index is 1.55. The van der Waals surface area contributed by atoms with Gasteiger partial charge in [0.15, 0.2) is 0 Å². The Kier molecular flexibility index (Phi) is 4.77. The van der Waals surface area contributed by atoms with Crippen LogP contribution >= 0.6 is 0 Å². The molecular formula is C19H27N4. The van der Waals surface area contributed by atoms with Gasteiger partial charge in [-0.15, -0.1) is 0 Å². The van der Waals surface area contributed by atoms with Gasteiger partial charge in [-0.05, 0) is 49.4 Å². The average molecular weight is 311 g/mol. The van der Waals surface area contributed by atoms with Crippen LogP contribution in [0.2, 0.25) is 0 Å². The standard InChI is InChI=1S/C19H27N4/c1-16(2)14-22-10-12-23(13-11-22)18-6-4-17(5-7-18)21-19(15-20)8-3-9-19/h4-7,21H,3,8-14H2,1-2H3. The molecular weight excluding hydrogens is 284 g/mol. The molecule has 1 aliphatic heterocycles. The minimum absolute atomic E-state index is 0.318. The van der Waals surface area contributed by atoms with Gasteiger partial charge in [-0.2, -0.15) is 5.26 Å². The van der Waals surface area contributed by atoms with Crippen LogP contribution in [0.4, 0.5) is 11.4 Å². The summed E-state index contributed by atoms with van der Waals surface area (Å²) in [4.78, 5) is 4.98. The monoisotopic (exact) mass is 311 g/mol. The van der Waals surface area contributed by atoms with Gasteiger partial charge in [0, 0.05) is 44.1 Å². The highest BCUT2D eigenvalue weighted by molar-refractivity contribution is 5.57. The molecule has 1 heterocycles. The van der Waals surface area contributed by atoms with E-state index >= 15 is 0 Å². The van der Waals surface area contributed by atoms with Gasteiger partial charge in [0.1, 0.15) is 5.54 Å². The Bertz CT molecular complexity index is 546. The highest BCUT2D eigenvalue weighted by atomic mass is 15.3. The molecule has 1 saturated carbocycles. The van der Waals surface area contributed by atoms with E-state index in [0.717, 1.165) is 57.7 Å². The van der Waals surface area contributed by atoms with Crippen molar-refractivity contribution in [2.24, 2.45) is 0 Å². The molecule has 1 N–H and O–H groups in total. The molecule has 0 unspecified atom stereocenters. The molecule has 1 aromatic carbocycles. The minimum Gasteiger partial charge on any atom is -0.369 e. The number of hydrogen-bond donors (Lipinski definition) is 1. The van der Waals surface area contributed by atoms with E-state index in [4.69, 9.17) is 0 Å². The maximum absolute atomic E-state index is 9.32. The highest BCUT2D eigenvalue weighted by Crippen LogP contribution is 2.35. The molecule has 0 spiro atoms. The maximum Gasteiger partial charge on any atom is 0.125 e. The lowest BCUT2D eigenvalue weighted by molar-refractivity contribution is 0.267. The zero-order chi connectivity index (χ0) is 16.3. The highest BCUT2D eigenvalue weighted by Gasteiger charge is 2.36. The van der Waals surface area contributed by atoms with E-state index in [9.17, 15) is 5.26 Å². The summed E-state index contributed by atoms with van der Waals surface area (Å²) in [7, 11) is 0. The Morgan fingerprint density at radius 3 is 2.26 bits per heavy atom. The van der Waals surface area contributed by atoms with Crippen LogP contribution in [-0.4, -0.2) is 43.2 Å². The molecule has 4 heteroatoms. The summed E-state index contributed by atoms with van der Waals surface area (Å²) < 4.78 is 0. The molecule has 123 valence electrons. The molecule has 3 rings (SSSR count). The van der Waals surface area contributed by atoms with Gasteiger partial charge in [0.2, 0.25) is 0 Å². The van der Waals surface area contributed by atoms with Gasteiger partial charge >= 0.3 is 0 Å². The van der Waals surface area contributed by atoms with Crippen molar-refractivity contribution in [3.8, 4) is 6.07 Å². The summed E-state index contributed by atoms with van der Waals surface area (Å²) in [6.45, 7) is 9.95. The van der Waals surface area contributed by atoms with Gasteiger partial charge in [0.05, 0.1) is 6.07 Å². The number of piperazine rings is 1. The van der Waals surface area contributed by atoms with E-state index in [0.29, 0.717) is 0 Å². The fraction of sp³-hybridized carbons (Fsp3) is 0.579. The van der Waals surface area contributed by atoms with Crippen molar-refractivity contribution in [1.29, 1.82) is 5.26 Å². The number of nitrogens with zero attached hydrogens (tertiary/aromatic N) is 3. The topological polar surface area (TPSA) is 42.3 Å². The van der Waals surface area contributed by atoms with Gasteiger partial charge in [-0.1, -0.05) is 13.8 Å². The zero-order valence-electron chi connectivity index (χ0n) is 14.3. The first-order chi connectivity index (χ1) is 11.1. The fourth-order valence-electron chi connectivity index (χ4n) is 3.44. The Hall–Kier alpha value is -1.73. The lowest BCUT2D eigenvalue weighted by atomic mass is 9.78. The largest absolute Gasteiger partial charge is 0.369 e. The summed E-state index contributed by atoms with van der Waals surface area (Å²) >= 11 is 0. The van der Waals surface area contributed by atoms with E-state index in [1.54, 1.807) is 0 Å². The Morgan fingerprint density at radius 2 is 1.78 bits per heavy atom. The third-order valence-corrected chi connectivity index (χ3v) is 4.95. The van der Waals surface area contributed by atoms with Crippen LogP contribution in [0, 0.1) is 17.2 Å². The smallest absolute Gasteiger partial charge is 0.125 e. The number of anilines is 2. The minimum atomic E-state index is -0.318. The maximum atomic E-state index is 9.32. The molecule has 0 aromatic heterocycles. The van der Waals surface area contributed by atoms with E-state index in [2.05, 4.69) is 59.3 Å². The van der Waals surface area contributed by atoms with Crippen molar-refractivity contribution in [3.63, 3.8) is 0 Å². The first-order valence-corrected chi connectivity index (χ1v) is 8.66. The second kappa shape index (κ2) is 6.80. The normalized spacial score (nSPS) is 20.9. The molecule has 2 aliphatic rings. The third kappa shape index (κ3) is 3.79. The van der Waals surface area contributed by atoms with Crippen LogP contribution in [0.15, 0.2) is 24.3 Å². The molecule has 0 atom stereocenters. The van der Waals surface area contributed by atoms with E-state index in [-0.39, 0.29) is 5.54 Å². The van der Waals surface area contributed by atoms with Gasteiger partial charge in [0.25, 0.3) is 0 Å². The van der Waals surface area contributed by atoms with Crippen molar-refractivity contribution < 1.29 is 0 Å². The van der Waals surface area contributed by atoms with Crippen LogP contribution in [0.5, 0.6) is 0 Å². The van der Waals surface area contributed by atoms with Crippen LogP contribution in [0.1, 0.15) is 33.1 Å². The van der Waals surface area contributed by atoms with Crippen molar-refractivity contribution >= 4 is 11.4 Å². The fourth-order valence-corrected chi connectivity index (χ4v) is 3.44. The molecule has 1 aliphatic carbocycles. The molecule has 1 saturated heterocycles. The number of benzene rings is 1. The number of rotatable bonds is 5. The second-order valence-electron chi connectivity index (χ2n) is 7.19. The molecule has 1 radical (unpaired) electrons. The SMILES string of the molecule is C[C](C)CN1CCN(c2ccc(NC3(C#N)CCC3)cc2)CC1. The Morgan fingerprint density at radius 1 is 1.13 bits per heavy atom. The van der Waals surface area contributed by atoms with Crippen molar-refractivity contribution in [2.75, 3.05) is 42.9 Å². The zero-order valence-corrected chi connectivity index (χ0v) is 14.3. The lowest BCUT2D eigenvalue weighted by Crippen LogP contribution is -2.47. The number of nitriles is 1. The summed E-state index contributed by atoms with van der Waals surface area (Å²) in [5.74, 6) is 1.48. The average Bonchev–Trinajstić information content (AvgIpc) is 2.52. The van der Waals surface area contributed by atoms with E-state index < -0.39 is 0 Å². The molecule has 4 nitrogen and oxygen atoms in total. The van der Waals surface area contributed by atoms with E-state index in [1.165, 1.54) is 11.6 Å². The predicted molar refractivity (Wildman–Crippen MR) is 95.5 cm³/mol. The molecule has 1 aromatic rings. The number of nitrogens with one attached hydrogen (secondary N) is 1. The Labute approximate surface area is 140 Å². The first-order valence-electron chi connectivity index (χ1n) is 8.66. The summed E-state index contributed by atoms with van der Waals surface area (Å²) in [5.41, 5.74) is 2.03. The summed E-state index contributed by atoms with van der Waals surface area (Å²) in [6, 6.07) is 11.0. The lowest BCUT2D eigenvalue weighted by Gasteiger charge is -2.38. The van der Waals surface area contributed by atoms with Crippen LogP contribution < -0.4 is 10.2 Å². The van der Waals surface area contributed by atoms with Gasteiger partial charge in [-0.3, -0.25) is 4.90 Å². The molecule has 0 bridgehead atoms. The van der Waals surface area contributed by atoms with Crippen LogP contribution in [0.25, 0.3) is 0 Å². The number of hydrogen-bond acceptors (Lipinski definition) is 4. The predicted octanol–water partition coefficient (Wildman–Crippen LogP) is 3.28. The molecule has 2 fully saturated rings. The van der Waals surface area contributed by atoms with Crippen LogP contribution in [-0.2, 0) is 0 Å². The van der Waals surface area contributed by atoms with Crippen molar-refractivity contribution in [3.05, 3.63) is 30.2 Å². The molecule has 23 heavy (non-hydrogen) atoms. The quantitative estimate of drug-likeness (QED) is 0.906. The molecule has 0 amide bonds. The van der Waals surface area contributed by atoms with Gasteiger partial charge < -0.3 is 10.2 Å². The van der Waals surface area contributed by atoms with Crippen molar-refractivity contribution in [2.45, 2.75) is 38.6 Å². The van der Waals surface area contributed by atoms with E-state index in [1.807, 2.05) is 0 Å².